The van der Waals surface area contributed by atoms with Crippen LogP contribution in [0.4, 0.5) is 4.39 Å². The second kappa shape index (κ2) is 29.9. The summed E-state index contributed by atoms with van der Waals surface area (Å²) in [7, 11) is 0. The highest BCUT2D eigenvalue weighted by Gasteiger charge is 2.48. The van der Waals surface area contributed by atoms with E-state index < -0.39 is 22.9 Å². The van der Waals surface area contributed by atoms with Crippen molar-refractivity contribution >= 4 is 114 Å². The number of thioether (sulfide) groups is 3. The third-order valence-electron chi connectivity index (χ3n) is 15.5. The molecule has 0 saturated carbocycles. The van der Waals surface area contributed by atoms with Crippen molar-refractivity contribution in [2.24, 2.45) is 0 Å². The van der Waals surface area contributed by atoms with Gasteiger partial charge >= 0.3 is 0 Å². The first-order valence-corrected chi connectivity index (χ1v) is 32.9. The molecule has 0 amide bonds. The number of halogens is 2. The zero-order valence-electron chi connectivity index (χ0n) is 48.6. The molecule has 12 rings (SSSR count). The first-order chi connectivity index (χ1) is 41.6. The maximum Gasteiger partial charge on any atom is 0.175 e. The Morgan fingerprint density at radius 2 is 0.830 bits per heavy atom. The maximum absolute atomic E-state index is 13.6. The van der Waals surface area contributed by atoms with Crippen LogP contribution in [-0.2, 0) is 49.1 Å². The van der Waals surface area contributed by atoms with Gasteiger partial charge in [0.15, 0.2) is 22.9 Å². The summed E-state index contributed by atoms with van der Waals surface area (Å²) in [6.07, 6.45) is 15.3. The molecule has 8 aromatic rings. The Bertz CT molecular complexity index is 3470. The Morgan fingerprint density at radius 3 is 1.26 bits per heavy atom. The van der Waals surface area contributed by atoms with Crippen molar-refractivity contribution in [1.82, 2.24) is 39.5 Å². The van der Waals surface area contributed by atoms with Crippen LogP contribution in [0.1, 0.15) is 92.6 Å². The van der Waals surface area contributed by atoms with Gasteiger partial charge in [-0.2, -0.15) is 0 Å². The summed E-state index contributed by atoms with van der Waals surface area (Å²) in [5, 5.41) is 45.6. The lowest BCUT2D eigenvalue weighted by molar-refractivity contribution is -0.0677. The van der Waals surface area contributed by atoms with Gasteiger partial charge in [-0.05, 0) is 122 Å². The molecule has 4 N–H and O–H groups in total. The molecule has 0 spiro atoms. The number of aliphatic hydroxyl groups is 4. The molecular weight excluding hydrogens is 1260 g/mol. The number of pyridine rings is 4. The van der Waals surface area contributed by atoms with E-state index in [0.717, 1.165) is 80.4 Å². The van der Waals surface area contributed by atoms with Crippen molar-refractivity contribution in [2.75, 3.05) is 17.3 Å². The second-order valence-electron chi connectivity index (χ2n) is 21.7. The van der Waals surface area contributed by atoms with Crippen molar-refractivity contribution in [2.45, 2.75) is 104 Å². The molecule has 0 radical (unpaired) electrons. The number of hydrogen-bond acceptors (Lipinski definition) is 15. The molecule has 12 nitrogen and oxygen atoms in total. The van der Waals surface area contributed by atoms with E-state index in [1.165, 1.54) is 47.4 Å². The lowest BCUT2D eigenvalue weighted by Gasteiger charge is -2.36. The van der Waals surface area contributed by atoms with E-state index in [2.05, 4.69) is 38.1 Å². The number of aromatic nitrogens is 4. The van der Waals surface area contributed by atoms with Crippen molar-refractivity contribution in [3.8, 4) is 0 Å². The lowest BCUT2D eigenvalue weighted by atomic mass is 9.95. The van der Waals surface area contributed by atoms with Crippen LogP contribution >= 0.6 is 95.8 Å². The zero-order chi connectivity index (χ0) is 62.1. The normalized spacial score (nSPS) is 21.3. The first-order valence-electron chi connectivity index (χ1n) is 27.9. The topological polar surface area (TPSA) is 145 Å². The van der Waals surface area contributed by atoms with E-state index in [1.807, 2.05) is 153 Å². The Hall–Kier alpha value is -5.85. The number of aryl methyl sites for hydroxylation is 5. The maximum atomic E-state index is 13.6. The Labute approximate surface area is 555 Å². The minimum Gasteiger partial charge on any atom is -0.367 e. The van der Waals surface area contributed by atoms with Crippen LogP contribution in [0.25, 0.3) is 0 Å². The molecule has 4 saturated heterocycles. The highest BCUT2D eigenvalue weighted by molar-refractivity contribution is 8.24. The number of rotatable bonds is 12. The lowest BCUT2D eigenvalue weighted by Crippen LogP contribution is -2.44. The summed E-state index contributed by atoms with van der Waals surface area (Å²) in [5.41, 5.74) is 7.77. The highest BCUT2D eigenvalue weighted by atomic mass is 35.5. The van der Waals surface area contributed by atoms with E-state index in [4.69, 9.17) is 60.5 Å². The fourth-order valence-corrected chi connectivity index (χ4v) is 15.6. The van der Waals surface area contributed by atoms with Crippen LogP contribution in [0.5, 0.6) is 0 Å². The van der Waals surface area contributed by atoms with Crippen molar-refractivity contribution in [3.05, 3.63) is 260 Å². The fourth-order valence-electron chi connectivity index (χ4n) is 10.8. The van der Waals surface area contributed by atoms with Gasteiger partial charge in [0.1, 0.15) is 18.8 Å². The van der Waals surface area contributed by atoms with E-state index in [0.29, 0.717) is 71.2 Å². The molecule has 0 aliphatic carbocycles. The van der Waals surface area contributed by atoms with E-state index in [9.17, 15) is 24.8 Å². The Morgan fingerprint density at radius 1 is 0.455 bits per heavy atom. The molecular formula is C67H70ClFN8O4S7. The summed E-state index contributed by atoms with van der Waals surface area (Å²) >= 11 is 32.6. The van der Waals surface area contributed by atoms with Gasteiger partial charge in [-0.3, -0.25) is 19.9 Å². The summed E-state index contributed by atoms with van der Waals surface area (Å²) in [6.45, 7) is 12.0. The molecule has 8 heterocycles. The van der Waals surface area contributed by atoms with Crippen LogP contribution in [0.3, 0.4) is 0 Å². The van der Waals surface area contributed by atoms with Crippen LogP contribution in [-0.4, -0.2) is 95.2 Å². The van der Waals surface area contributed by atoms with Crippen LogP contribution in [0.15, 0.2) is 177 Å². The van der Waals surface area contributed by atoms with E-state index in [-0.39, 0.29) is 13.2 Å². The SMILES string of the molecule is C.Cc1ccc(C)c(C2(O)CSC(=S)N2Cc2cccnc2)c1.Cc1ccc(Cl)c(C2(O)CCC(=S)N2Cc2cccnc2)c1.Cc1ccc(F)cc1C1(O)CSC(=S)N1Cc1cccnc1.Cc1ccccc1C1(O)CSC(=S)N1Cc1cccnc1. The molecule has 21 heteroatoms. The number of likely N-dealkylation sites (tertiary alicyclic amines) is 1. The molecule has 4 aromatic heterocycles. The van der Waals surface area contributed by atoms with Crippen molar-refractivity contribution in [3.63, 3.8) is 0 Å². The van der Waals surface area contributed by atoms with Gasteiger partial charge in [-0.1, -0.05) is 193 Å². The van der Waals surface area contributed by atoms with Crippen LogP contribution in [0.2, 0.25) is 5.02 Å². The summed E-state index contributed by atoms with van der Waals surface area (Å²) in [4.78, 5) is 24.6. The highest BCUT2D eigenvalue weighted by Crippen LogP contribution is 2.45. The summed E-state index contributed by atoms with van der Waals surface area (Å²) in [6, 6.07) is 39.7. The molecule has 4 aliphatic heterocycles. The molecule has 4 aliphatic rings. The smallest absolute Gasteiger partial charge is 0.175 e. The number of thiocarbonyl (C=S) groups is 4. The largest absolute Gasteiger partial charge is 0.367 e. The van der Waals surface area contributed by atoms with Gasteiger partial charge in [0.05, 0.1) is 22.2 Å². The van der Waals surface area contributed by atoms with Crippen molar-refractivity contribution in [1.29, 1.82) is 0 Å². The van der Waals surface area contributed by atoms with Crippen LogP contribution in [0, 0.1) is 40.4 Å². The minimum absolute atomic E-state index is 0. The van der Waals surface area contributed by atoms with Crippen molar-refractivity contribution < 1.29 is 24.8 Å². The Balaban J connectivity index is 0.000000151. The molecule has 4 fully saturated rings. The first kappa shape index (κ1) is 68.1. The molecule has 88 heavy (non-hydrogen) atoms. The molecule has 0 bridgehead atoms. The molecule has 4 unspecified atom stereocenters. The number of benzene rings is 4. The van der Waals surface area contributed by atoms with Gasteiger partial charge in [0, 0.05) is 116 Å². The molecule has 4 atom stereocenters. The third kappa shape index (κ3) is 15.5. The van der Waals surface area contributed by atoms with Gasteiger partial charge in [0.2, 0.25) is 0 Å². The quantitative estimate of drug-likeness (QED) is 0.0860. The second-order valence-corrected chi connectivity index (χ2v) is 27.4. The Kier molecular flexibility index (Phi) is 23.1. The molecule has 4 aromatic carbocycles. The zero-order valence-corrected chi connectivity index (χ0v) is 55.1. The monoisotopic (exact) mass is 1330 g/mol. The predicted molar refractivity (Wildman–Crippen MR) is 373 cm³/mol. The number of nitrogens with zero attached hydrogens (tertiary/aromatic N) is 8. The number of hydrogen-bond donors (Lipinski definition) is 4. The minimum atomic E-state index is -1.30. The van der Waals surface area contributed by atoms with Gasteiger partial charge < -0.3 is 40.0 Å². The van der Waals surface area contributed by atoms with Gasteiger partial charge in [0.25, 0.3) is 0 Å². The van der Waals surface area contributed by atoms with Crippen LogP contribution < -0.4 is 0 Å². The van der Waals surface area contributed by atoms with Gasteiger partial charge in [-0.25, -0.2) is 4.39 Å². The summed E-state index contributed by atoms with van der Waals surface area (Å²) in [5.74, 6) is 1.13. The van der Waals surface area contributed by atoms with E-state index in [1.54, 1.807) is 48.1 Å². The summed E-state index contributed by atoms with van der Waals surface area (Å²) < 4.78 is 15.7. The average molecular weight is 1330 g/mol. The fraction of sp³-hybridized carbons (Fsp3) is 0.284. The standard InChI is InChI=1S/C17H17ClN2OS.C17H18N2OS2.C16H15FN2OS2.C16H16N2OS2.CH4/c1-12-4-5-15(18)14(9-12)17(21)7-6-16(22)20(17)11-13-3-2-8-19-10-13;1-12-5-6-13(2)15(8-12)17(20)11-22-16(21)19(17)10-14-4-3-7-18-9-14;1-11-4-5-13(17)7-14(11)16(20)10-22-15(21)19(16)9-12-3-2-6-18-8-12;1-12-5-2-3-7-14(12)16(19)11-21-15(20)18(16)10-13-6-4-8-17-9-13;/h2-5,8-10,21H,6-7,11H2,1H3;3-9,20H,10-11H2,1-2H3;2-8,20H,9-10H2,1H3;2-9,19H,10-11H2,1H3;1H4. The van der Waals surface area contributed by atoms with Gasteiger partial charge in [-0.15, -0.1) is 0 Å². The molecule has 458 valence electrons. The predicted octanol–water partition coefficient (Wildman–Crippen LogP) is 14.1. The van der Waals surface area contributed by atoms with E-state index >= 15 is 0 Å². The average Bonchev–Trinajstić information content (AvgIpc) is 2.68. The third-order valence-corrected chi connectivity index (χ3v) is 21.0.